The van der Waals surface area contributed by atoms with Gasteiger partial charge in [-0.2, -0.15) is 0 Å². The highest BCUT2D eigenvalue weighted by molar-refractivity contribution is 7.91. The summed E-state index contributed by atoms with van der Waals surface area (Å²) in [4.78, 5) is 23.1. The first-order valence-electron chi connectivity index (χ1n) is 8.47. The molecule has 29 heavy (non-hydrogen) atoms. The molecule has 1 heterocycles. The highest BCUT2D eigenvalue weighted by Crippen LogP contribution is 2.30. The van der Waals surface area contributed by atoms with Crippen LogP contribution in [-0.2, 0) is 14.6 Å². The first-order valence-corrected chi connectivity index (χ1v) is 9.96. The van der Waals surface area contributed by atoms with E-state index in [1.165, 1.54) is 42.7 Å². The summed E-state index contributed by atoms with van der Waals surface area (Å²) < 4.78 is 45.1. The van der Waals surface area contributed by atoms with E-state index in [-0.39, 0.29) is 22.0 Å². The second kappa shape index (κ2) is 7.88. The van der Waals surface area contributed by atoms with Crippen LogP contribution in [0.5, 0.6) is 0 Å². The Kier molecular flexibility index (Phi) is 5.51. The zero-order valence-corrected chi connectivity index (χ0v) is 16.0. The highest BCUT2D eigenvalue weighted by atomic mass is 32.2. The van der Waals surface area contributed by atoms with Crippen molar-refractivity contribution in [2.75, 3.05) is 6.61 Å². The number of hydrogen-bond donors (Lipinski definition) is 1. The molecular formula is C20H16FNO6S. The van der Waals surface area contributed by atoms with Gasteiger partial charge in [-0.3, -0.25) is 4.57 Å². The van der Waals surface area contributed by atoms with Crippen LogP contribution < -0.4 is 0 Å². The number of esters is 1. The third kappa shape index (κ3) is 4.04. The predicted molar refractivity (Wildman–Crippen MR) is 101 cm³/mol. The summed E-state index contributed by atoms with van der Waals surface area (Å²) in [5.41, 5.74) is 0.652. The van der Waals surface area contributed by atoms with Gasteiger partial charge in [0.15, 0.2) is 0 Å². The van der Waals surface area contributed by atoms with E-state index in [0.717, 1.165) is 22.8 Å². The summed E-state index contributed by atoms with van der Waals surface area (Å²) in [6.07, 6.45) is 1.38. The highest BCUT2D eigenvalue weighted by Gasteiger charge is 2.23. The maximum atomic E-state index is 13.5. The Labute approximate surface area is 165 Å². The molecule has 0 unspecified atom stereocenters. The molecule has 7 nitrogen and oxygen atoms in total. The summed E-state index contributed by atoms with van der Waals surface area (Å²) in [5, 5.41) is 9.07. The molecule has 0 atom stereocenters. The molecule has 1 N–H and O–H groups in total. The first-order chi connectivity index (χ1) is 13.7. The molecule has 2 aromatic carbocycles. The number of aromatic nitrogens is 1. The van der Waals surface area contributed by atoms with Crippen LogP contribution in [0.4, 0.5) is 9.18 Å². The van der Waals surface area contributed by atoms with Crippen LogP contribution >= 0.6 is 0 Å². The number of carboxylic acid groups (broad SMARTS) is 1. The third-order valence-corrected chi connectivity index (χ3v) is 5.88. The van der Waals surface area contributed by atoms with Crippen LogP contribution in [-0.4, -0.2) is 36.8 Å². The number of ether oxygens (including phenoxy) is 1. The first kappa shape index (κ1) is 20.3. The van der Waals surface area contributed by atoms with Crippen molar-refractivity contribution in [2.45, 2.75) is 16.7 Å². The average Bonchev–Trinajstić information content (AvgIpc) is 3.18. The topological polar surface area (TPSA) is 103 Å². The van der Waals surface area contributed by atoms with Gasteiger partial charge in [0.1, 0.15) is 5.82 Å². The maximum absolute atomic E-state index is 13.5. The number of sulfone groups is 1. The Balaban J connectivity index is 2.15. The van der Waals surface area contributed by atoms with Crippen LogP contribution in [0.2, 0.25) is 0 Å². The molecule has 0 spiro atoms. The lowest BCUT2D eigenvalue weighted by Crippen LogP contribution is -2.10. The van der Waals surface area contributed by atoms with E-state index in [4.69, 9.17) is 9.84 Å². The second-order valence-electron chi connectivity index (χ2n) is 5.98. The number of halogens is 1. The smallest absolute Gasteiger partial charge is 0.415 e. The minimum absolute atomic E-state index is 0.0486. The van der Waals surface area contributed by atoms with Gasteiger partial charge >= 0.3 is 12.1 Å². The molecular weight excluding hydrogens is 401 g/mol. The summed E-state index contributed by atoms with van der Waals surface area (Å²) >= 11 is 0. The predicted octanol–water partition coefficient (Wildman–Crippen LogP) is 3.83. The number of hydrogen-bond acceptors (Lipinski definition) is 5. The van der Waals surface area contributed by atoms with E-state index in [1.54, 1.807) is 6.92 Å². The normalized spacial score (nSPS) is 11.2. The van der Waals surface area contributed by atoms with Crippen molar-refractivity contribution < 1.29 is 32.2 Å². The Hall–Kier alpha value is -3.46. The summed E-state index contributed by atoms with van der Waals surface area (Å²) in [5.74, 6) is -1.47. The maximum Gasteiger partial charge on any atom is 0.415 e. The van der Waals surface area contributed by atoms with Crippen molar-refractivity contribution >= 4 is 21.9 Å². The van der Waals surface area contributed by atoms with Gasteiger partial charge in [0.25, 0.3) is 0 Å². The molecule has 0 saturated carbocycles. The van der Waals surface area contributed by atoms with E-state index in [2.05, 4.69) is 0 Å². The van der Waals surface area contributed by atoms with Crippen LogP contribution in [0.25, 0.3) is 11.1 Å². The van der Waals surface area contributed by atoms with Crippen molar-refractivity contribution in [2.24, 2.45) is 0 Å². The Morgan fingerprint density at radius 3 is 2.45 bits per heavy atom. The van der Waals surface area contributed by atoms with Crippen molar-refractivity contribution in [1.29, 1.82) is 0 Å². The minimum atomic E-state index is -4.09. The standard InChI is InChI=1S/C20H16FNO6S/c1-2-28-19(23)18-11-16(29(26,27)15-5-3-4-14(21)10-15)6-7-17(18)13-8-9-22(12-13)20(24)25/h3-12H,2H2,1H3,(H,24,25). The van der Waals surface area contributed by atoms with Gasteiger partial charge in [0.2, 0.25) is 9.84 Å². The molecule has 0 aliphatic heterocycles. The molecule has 3 rings (SSSR count). The third-order valence-electron chi connectivity index (χ3n) is 4.13. The van der Waals surface area contributed by atoms with Gasteiger partial charge < -0.3 is 9.84 Å². The molecule has 0 aliphatic rings. The van der Waals surface area contributed by atoms with E-state index in [9.17, 15) is 22.4 Å². The molecule has 9 heteroatoms. The fourth-order valence-electron chi connectivity index (χ4n) is 2.77. The lowest BCUT2D eigenvalue weighted by atomic mass is 10.0. The average molecular weight is 417 g/mol. The number of nitrogens with zero attached hydrogens (tertiary/aromatic N) is 1. The largest absolute Gasteiger partial charge is 0.464 e. The van der Waals surface area contributed by atoms with Gasteiger partial charge in [0.05, 0.1) is 22.0 Å². The van der Waals surface area contributed by atoms with E-state index in [0.29, 0.717) is 11.1 Å². The minimum Gasteiger partial charge on any atom is -0.464 e. The summed E-state index contributed by atoms with van der Waals surface area (Å²) in [6.45, 7) is 1.67. The Morgan fingerprint density at radius 2 is 1.83 bits per heavy atom. The van der Waals surface area contributed by atoms with Gasteiger partial charge in [-0.25, -0.2) is 22.4 Å². The van der Waals surface area contributed by atoms with Crippen LogP contribution in [0, 0.1) is 5.82 Å². The number of carbonyl (C=O) groups is 2. The lowest BCUT2D eigenvalue weighted by Gasteiger charge is -2.11. The fraction of sp³-hybridized carbons (Fsp3) is 0.100. The molecule has 0 bridgehead atoms. The number of benzene rings is 2. The van der Waals surface area contributed by atoms with Crippen molar-refractivity contribution in [3.05, 3.63) is 72.3 Å². The van der Waals surface area contributed by atoms with E-state index >= 15 is 0 Å². The van der Waals surface area contributed by atoms with Crippen molar-refractivity contribution in [1.82, 2.24) is 4.57 Å². The zero-order chi connectivity index (χ0) is 21.2. The number of carbonyl (C=O) groups excluding carboxylic acids is 1. The van der Waals surface area contributed by atoms with Gasteiger partial charge in [-0.1, -0.05) is 12.1 Å². The van der Waals surface area contributed by atoms with Crippen LogP contribution in [0.1, 0.15) is 17.3 Å². The van der Waals surface area contributed by atoms with Gasteiger partial charge in [-0.15, -0.1) is 0 Å². The van der Waals surface area contributed by atoms with Gasteiger partial charge in [-0.05, 0) is 48.9 Å². The van der Waals surface area contributed by atoms with Crippen molar-refractivity contribution in [3.63, 3.8) is 0 Å². The van der Waals surface area contributed by atoms with Crippen LogP contribution in [0.3, 0.4) is 0 Å². The molecule has 0 saturated heterocycles. The molecule has 1 aromatic heterocycles. The molecule has 3 aromatic rings. The number of rotatable bonds is 5. The Bertz CT molecular complexity index is 1200. The fourth-order valence-corrected chi connectivity index (χ4v) is 4.08. The monoisotopic (exact) mass is 417 g/mol. The molecule has 150 valence electrons. The summed E-state index contributed by atoms with van der Waals surface area (Å²) in [6, 6.07) is 9.83. The van der Waals surface area contributed by atoms with Gasteiger partial charge in [0, 0.05) is 18.0 Å². The molecule has 0 amide bonds. The lowest BCUT2D eigenvalue weighted by molar-refractivity contribution is 0.0527. The quantitative estimate of drug-likeness (QED) is 0.633. The molecule has 0 radical (unpaired) electrons. The van der Waals surface area contributed by atoms with Crippen LogP contribution in [0.15, 0.2) is 70.7 Å². The zero-order valence-electron chi connectivity index (χ0n) is 15.2. The van der Waals surface area contributed by atoms with E-state index < -0.39 is 27.7 Å². The molecule has 0 fully saturated rings. The van der Waals surface area contributed by atoms with Crippen molar-refractivity contribution in [3.8, 4) is 11.1 Å². The Morgan fingerprint density at radius 1 is 1.10 bits per heavy atom. The summed E-state index contributed by atoms with van der Waals surface area (Å²) in [7, 11) is -4.09. The molecule has 0 aliphatic carbocycles. The van der Waals surface area contributed by atoms with E-state index in [1.807, 2.05) is 0 Å². The second-order valence-corrected chi connectivity index (χ2v) is 7.93. The SMILES string of the molecule is CCOC(=O)c1cc(S(=O)(=O)c2cccc(F)c2)ccc1-c1ccn(C(=O)O)c1.